The number of sulfonamides is 1. The van der Waals surface area contributed by atoms with Gasteiger partial charge in [-0.05, 0) is 38.8 Å². The molecule has 2 heterocycles. The predicted octanol–water partition coefficient (Wildman–Crippen LogP) is 2.47. The highest BCUT2D eigenvalue weighted by atomic mass is 32.2. The monoisotopic (exact) mass is 363 g/mol. The molecule has 7 nitrogen and oxygen atoms in total. The lowest BCUT2D eigenvalue weighted by molar-refractivity contribution is -0.120. The summed E-state index contributed by atoms with van der Waals surface area (Å²) in [5.74, 6) is 0.146. The van der Waals surface area contributed by atoms with Gasteiger partial charge in [-0.2, -0.15) is 4.31 Å². The third kappa shape index (κ3) is 3.45. The van der Waals surface area contributed by atoms with Crippen LogP contribution in [0.25, 0.3) is 0 Å². The van der Waals surface area contributed by atoms with Gasteiger partial charge < -0.3 is 9.84 Å². The number of amides is 1. The molecule has 1 aliphatic heterocycles. The van der Waals surface area contributed by atoms with Gasteiger partial charge in [-0.3, -0.25) is 4.79 Å². The maximum absolute atomic E-state index is 13.0. The van der Waals surface area contributed by atoms with E-state index in [0.717, 1.165) is 12.8 Å². The molecule has 134 valence electrons. The Hall–Kier alpha value is -2.19. The third-order valence-electron chi connectivity index (χ3n) is 4.39. The summed E-state index contributed by atoms with van der Waals surface area (Å²) in [6.45, 7) is 3.76. The van der Waals surface area contributed by atoms with Gasteiger partial charge in [0.1, 0.15) is 17.4 Å². The summed E-state index contributed by atoms with van der Waals surface area (Å²) < 4.78 is 32.3. The molecule has 1 amide bonds. The molecule has 1 atom stereocenters. The number of rotatable bonds is 4. The molecule has 8 heteroatoms. The fourth-order valence-corrected chi connectivity index (χ4v) is 4.73. The minimum Gasteiger partial charge on any atom is -0.359 e. The average molecular weight is 363 g/mol. The number of nitrogens with one attached hydrogen (secondary N) is 1. The number of nitrogens with zero attached hydrogens (tertiary/aromatic N) is 2. The largest absolute Gasteiger partial charge is 0.359 e. The van der Waals surface area contributed by atoms with Gasteiger partial charge in [-0.25, -0.2) is 8.42 Å². The SMILES string of the molecule is Cc1noc(C)c1NC(=O)C1CCCCN1S(=O)(=O)c1ccccc1. The highest BCUT2D eigenvalue weighted by Crippen LogP contribution is 2.27. The first kappa shape index (κ1) is 17.6. The van der Waals surface area contributed by atoms with Crippen molar-refractivity contribution >= 4 is 21.6 Å². The van der Waals surface area contributed by atoms with Crippen molar-refractivity contribution < 1.29 is 17.7 Å². The maximum Gasteiger partial charge on any atom is 0.243 e. The predicted molar refractivity (Wildman–Crippen MR) is 92.6 cm³/mol. The highest BCUT2D eigenvalue weighted by Gasteiger charge is 2.38. The smallest absolute Gasteiger partial charge is 0.243 e. The second-order valence-corrected chi connectivity index (χ2v) is 8.02. The molecular formula is C17H21N3O4S. The zero-order chi connectivity index (χ0) is 18.0. The number of hydrogen-bond acceptors (Lipinski definition) is 5. The van der Waals surface area contributed by atoms with E-state index in [1.165, 1.54) is 4.31 Å². The molecule has 3 rings (SSSR count). The van der Waals surface area contributed by atoms with Crippen molar-refractivity contribution in [2.45, 2.75) is 44.0 Å². The number of aromatic nitrogens is 1. The molecule has 2 aromatic rings. The Morgan fingerprint density at radius 1 is 1.24 bits per heavy atom. The minimum atomic E-state index is -3.72. The van der Waals surface area contributed by atoms with Gasteiger partial charge in [-0.15, -0.1) is 0 Å². The number of carbonyl (C=O) groups excluding carboxylic acids is 1. The van der Waals surface area contributed by atoms with Crippen LogP contribution in [0.15, 0.2) is 39.8 Å². The fraction of sp³-hybridized carbons (Fsp3) is 0.412. The molecule has 1 aromatic carbocycles. The molecule has 1 unspecified atom stereocenters. The van der Waals surface area contributed by atoms with Crippen molar-refractivity contribution in [3.8, 4) is 0 Å². The normalized spacial score (nSPS) is 18.9. The van der Waals surface area contributed by atoms with Crippen LogP contribution >= 0.6 is 0 Å². The number of benzene rings is 1. The van der Waals surface area contributed by atoms with Crippen molar-refractivity contribution in [2.24, 2.45) is 0 Å². The summed E-state index contributed by atoms with van der Waals surface area (Å²) in [6, 6.07) is 7.47. The van der Waals surface area contributed by atoms with Crippen molar-refractivity contribution in [2.75, 3.05) is 11.9 Å². The Bertz CT molecular complexity index is 842. The Morgan fingerprint density at radius 2 is 1.96 bits per heavy atom. The molecule has 0 spiro atoms. The molecule has 0 radical (unpaired) electrons. The van der Waals surface area contributed by atoms with E-state index in [2.05, 4.69) is 10.5 Å². The second kappa shape index (κ2) is 6.97. The molecule has 0 aliphatic carbocycles. The highest BCUT2D eigenvalue weighted by molar-refractivity contribution is 7.89. The molecule has 25 heavy (non-hydrogen) atoms. The standard InChI is InChI=1S/C17H21N3O4S/c1-12-16(13(2)24-19-12)18-17(21)15-10-6-7-11-20(15)25(22,23)14-8-4-3-5-9-14/h3-5,8-9,15H,6-7,10-11H2,1-2H3,(H,18,21). The zero-order valence-electron chi connectivity index (χ0n) is 14.2. The van der Waals surface area contributed by atoms with Gasteiger partial charge >= 0.3 is 0 Å². The summed E-state index contributed by atoms with van der Waals surface area (Å²) in [7, 11) is -3.72. The van der Waals surface area contributed by atoms with Crippen LogP contribution in [0, 0.1) is 13.8 Å². The topological polar surface area (TPSA) is 92.5 Å². The van der Waals surface area contributed by atoms with Crippen molar-refractivity contribution in [3.05, 3.63) is 41.8 Å². The number of carbonyl (C=O) groups is 1. The summed E-state index contributed by atoms with van der Waals surface area (Å²) in [5, 5.41) is 6.59. The summed E-state index contributed by atoms with van der Waals surface area (Å²) >= 11 is 0. The Labute approximate surface area is 147 Å². The van der Waals surface area contributed by atoms with Crippen molar-refractivity contribution in [3.63, 3.8) is 0 Å². The molecule has 1 aromatic heterocycles. The van der Waals surface area contributed by atoms with Crippen LogP contribution in [0.4, 0.5) is 5.69 Å². The summed E-state index contributed by atoms with van der Waals surface area (Å²) in [4.78, 5) is 13.0. The van der Waals surface area contributed by atoms with Crippen LogP contribution in [0.1, 0.15) is 30.7 Å². The van der Waals surface area contributed by atoms with Crippen molar-refractivity contribution in [1.82, 2.24) is 9.46 Å². The van der Waals surface area contributed by atoms with E-state index in [1.54, 1.807) is 44.2 Å². The Balaban J connectivity index is 1.87. The van der Waals surface area contributed by atoms with E-state index in [9.17, 15) is 13.2 Å². The van der Waals surface area contributed by atoms with Crippen molar-refractivity contribution in [1.29, 1.82) is 0 Å². The molecular weight excluding hydrogens is 342 g/mol. The van der Waals surface area contributed by atoms with Crippen LogP contribution in [-0.4, -0.2) is 36.4 Å². The van der Waals surface area contributed by atoms with Gasteiger partial charge in [0.05, 0.1) is 4.90 Å². The van der Waals surface area contributed by atoms with Crippen LogP contribution in [0.5, 0.6) is 0 Å². The van der Waals surface area contributed by atoms with Gasteiger partial charge in [0.15, 0.2) is 5.76 Å². The van der Waals surface area contributed by atoms with Gasteiger partial charge in [0, 0.05) is 6.54 Å². The number of piperidine rings is 1. The van der Waals surface area contributed by atoms with Crippen LogP contribution in [0.3, 0.4) is 0 Å². The van der Waals surface area contributed by atoms with E-state index < -0.39 is 16.1 Å². The first-order chi connectivity index (χ1) is 11.9. The third-order valence-corrected chi connectivity index (χ3v) is 6.31. The van der Waals surface area contributed by atoms with Crippen LogP contribution in [0.2, 0.25) is 0 Å². The van der Waals surface area contributed by atoms with Gasteiger partial charge in [-0.1, -0.05) is 29.8 Å². The van der Waals surface area contributed by atoms with E-state index in [1.807, 2.05) is 0 Å². The lowest BCUT2D eigenvalue weighted by Crippen LogP contribution is -2.49. The molecule has 1 N–H and O–H groups in total. The van der Waals surface area contributed by atoms with Gasteiger partial charge in [0.2, 0.25) is 15.9 Å². The van der Waals surface area contributed by atoms with E-state index in [4.69, 9.17) is 4.52 Å². The molecule has 1 fully saturated rings. The fourth-order valence-electron chi connectivity index (χ4n) is 3.05. The number of anilines is 1. The lowest BCUT2D eigenvalue weighted by Gasteiger charge is -2.33. The molecule has 1 saturated heterocycles. The zero-order valence-corrected chi connectivity index (χ0v) is 15.0. The molecule has 1 aliphatic rings. The number of aryl methyl sites for hydroxylation is 2. The van der Waals surface area contributed by atoms with Crippen LogP contribution < -0.4 is 5.32 Å². The van der Waals surface area contributed by atoms with E-state index >= 15 is 0 Å². The minimum absolute atomic E-state index is 0.201. The van der Waals surface area contributed by atoms with E-state index in [-0.39, 0.29) is 10.8 Å². The molecule has 0 saturated carbocycles. The summed E-state index contributed by atoms with van der Waals surface area (Å²) in [5.41, 5.74) is 1.08. The maximum atomic E-state index is 13.0. The summed E-state index contributed by atoms with van der Waals surface area (Å²) in [6.07, 6.45) is 2.03. The number of hydrogen-bond donors (Lipinski definition) is 1. The first-order valence-corrected chi connectivity index (χ1v) is 9.66. The quantitative estimate of drug-likeness (QED) is 0.901. The lowest BCUT2D eigenvalue weighted by atomic mass is 10.0. The second-order valence-electron chi connectivity index (χ2n) is 6.13. The first-order valence-electron chi connectivity index (χ1n) is 8.22. The Kier molecular flexibility index (Phi) is 4.91. The van der Waals surface area contributed by atoms with E-state index in [0.29, 0.717) is 30.1 Å². The molecule has 0 bridgehead atoms. The average Bonchev–Trinajstić information content (AvgIpc) is 2.94. The Morgan fingerprint density at radius 3 is 2.60 bits per heavy atom. The van der Waals surface area contributed by atoms with Gasteiger partial charge in [0.25, 0.3) is 0 Å². The van der Waals surface area contributed by atoms with Crippen LogP contribution in [-0.2, 0) is 14.8 Å².